The molecule has 2 atom stereocenters. The predicted molar refractivity (Wildman–Crippen MR) is 72.2 cm³/mol. The van der Waals surface area contributed by atoms with Gasteiger partial charge in [0.15, 0.2) is 0 Å². The van der Waals surface area contributed by atoms with Crippen molar-refractivity contribution in [2.24, 2.45) is 11.8 Å². The number of rotatable bonds is 4. The molecular weight excluding hydrogens is 248 g/mol. The standard InChI is InChI=1S/C14H24O3S/c1-18(16,17)13-8-4-7-12(10-13)14(15)9-11-5-2-3-6-11/h11-13H,2-10H2,1H3. The highest BCUT2D eigenvalue weighted by molar-refractivity contribution is 7.91. The summed E-state index contributed by atoms with van der Waals surface area (Å²) in [5, 5.41) is -0.274. The van der Waals surface area contributed by atoms with Gasteiger partial charge in [0.1, 0.15) is 15.6 Å². The second-order valence-corrected chi connectivity index (χ2v) is 8.46. The van der Waals surface area contributed by atoms with E-state index in [4.69, 9.17) is 0 Å². The molecule has 3 nitrogen and oxygen atoms in total. The molecule has 0 heterocycles. The first-order valence-corrected chi connectivity index (χ1v) is 9.14. The molecule has 2 aliphatic rings. The molecule has 18 heavy (non-hydrogen) atoms. The average molecular weight is 272 g/mol. The van der Waals surface area contributed by atoms with E-state index in [2.05, 4.69) is 0 Å². The highest BCUT2D eigenvalue weighted by Gasteiger charge is 2.33. The second kappa shape index (κ2) is 5.72. The summed E-state index contributed by atoms with van der Waals surface area (Å²) in [5.74, 6) is 0.922. The summed E-state index contributed by atoms with van der Waals surface area (Å²) in [7, 11) is -2.97. The van der Waals surface area contributed by atoms with Crippen LogP contribution in [0.15, 0.2) is 0 Å². The first-order valence-electron chi connectivity index (χ1n) is 7.18. The molecule has 0 aliphatic heterocycles. The van der Waals surface area contributed by atoms with Gasteiger partial charge in [-0.1, -0.05) is 32.1 Å². The summed E-state index contributed by atoms with van der Waals surface area (Å²) in [6, 6.07) is 0. The Morgan fingerprint density at radius 2 is 1.72 bits per heavy atom. The Kier molecular flexibility index (Phi) is 4.46. The highest BCUT2D eigenvalue weighted by atomic mass is 32.2. The molecule has 104 valence electrons. The molecule has 0 aromatic rings. The van der Waals surface area contributed by atoms with Crippen molar-refractivity contribution in [3.8, 4) is 0 Å². The van der Waals surface area contributed by atoms with Crippen molar-refractivity contribution >= 4 is 15.6 Å². The second-order valence-electron chi connectivity index (χ2n) is 6.14. The van der Waals surface area contributed by atoms with E-state index in [-0.39, 0.29) is 11.2 Å². The van der Waals surface area contributed by atoms with Crippen LogP contribution in [-0.2, 0) is 14.6 Å². The Morgan fingerprint density at radius 3 is 2.33 bits per heavy atom. The van der Waals surface area contributed by atoms with Crippen LogP contribution in [0.25, 0.3) is 0 Å². The zero-order valence-corrected chi connectivity index (χ0v) is 12.0. The van der Waals surface area contributed by atoms with Crippen molar-refractivity contribution < 1.29 is 13.2 Å². The number of carbonyl (C=O) groups is 1. The summed E-state index contributed by atoms with van der Waals surface area (Å²) < 4.78 is 23.2. The maximum absolute atomic E-state index is 12.2. The molecule has 4 heteroatoms. The van der Waals surface area contributed by atoms with Gasteiger partial charge in [-0.25, -0.2) is 8.42 Å². The molecule has 2 aliphatic carbocycles. The summed E-state index contributed by atoms with van der Waals surface area (Å²) in [6.07, 6.45) is 10.0. The Balaban J connectivity index is 1.89. The molecule has 0 spiro atoms. The fourth-order valence-corrected chi connectivity index (χ4v) is 4.67. The first kappa shape index (κ1) is 14.0. The van der Waals surface area contributed by atoms with Crippen LogP contribution in [0.1, 0.15) is 57.8 Å². The third-order valence-corrected chi connectivity index (χ3v) is 6.29. The first-order chi connectivity index (χ1) is 8.47. The smallest absolute Gasteiger partial charge is 0.150 e. The molecule has 2 rings (SSSR count). The molecule has 0 aromatic carbocycles. The SMILES string of the molecule is CS(=O)(=O)C1CCCC(C(=O)CC2CCCC2)C1. The van der Waals surface area contributed by atoms with Crippen LogP contribution >= 0.6 is 0 Å². The topological polar surface area (TPSA) is 51.2 Å². The number of sulfone groups is 1. The number of hydrogen-bond donors (Lipinski definition) is 0. The highest BCUT2D eigenvalue weighted by Crippen LogP contribution is 2.33. The lowest BCUT2D eigenvalue weighted by Crippen LogP contribution is -2.31. The average Bonchev–Trinajstić information content (AvgIpc) is 2.81. The molecule has 0 N–H and O–H groups in total. The number of hydrogen-bond acceptors (Lipinski definition) is 3. The Bertz CT molecular complexity index is 393. The number of Topliss-reactive ketones (excluding diaryl/α,β-unsaturated/α-hetero) is 1. The summed E-state index contributed by atoms with van der Waals surface area (Å²) in [4.78, 5) is 12.2. The third kappa shape index (κ3) is 3.56. The zero-order valence-electron chi connectivity index (χ0n) is 11.2. The molecule has 0 bridgehead atoms. The van der Waals surface area contributed by atoms with Gasteiger partial charge >= 0.3 is 0 Å². The lowest BCUT2D eigenvalue weighted by Gasteiger charge is -2.27. The Morgan fingerprint density at radius 1 is 1.06 bits per heavy atom. The van der Waals surface area contributed by atoms with Crippen molar-refractivity contribution in [3.05, 3.63) is 0 Å². The van der Waals surface area contributed by atoms with Crippen molar-refractivity contribution in [2.45, 2.75) is 63.0 Å². The number of ketones is 1. The van der Waals surface area contributed by atoms with Gasteiger partial charge in [0, 0.05) is 18.6 Å². The van der Waals surface area contributed by atoms with Crippen molar-refractivity contribution in [2.75, 3.05) is 6.26 Å². The van der Waals surface area contributed by atoms with Crippen molar-refractivity contribution in [1.82, 2.24) is 0 Å². The van der Waals surface area contributed by atoms with Crippen LogP contribution < -0.4 is 0 Å². The van der Waals surface area contributed by atoms with Gasteiger partial charge in [0.25, 0.3) is 0 Å². The van der Waals surface area contributed by atoms with Gasteiger partial charge in [0.2, 0.25) is 0 Å². The van der Waals surface area contributed by atoms with Crippen molar-refractivity contribution in [1.29, 1.82) is 0 Å². The minimum Gasteiger partial charge on any atom is -0.299 e. The largest absolute Gasteiger partial charge is 0.299 e. The van der Waals surface area contributed by atoms with Crippen molar-refractivity contribution in [3.63, 3.8) is 0 Å². The monoisotopic (exact) mass is 272 g/mol. The molecule has 0 radical (unpaired) electrons. The maximum atomic E-state index is 12.2. The molecule has 2 saturated carbocycles. The van der Waals surface area contributed by atoms with E-state index in [9.17, 15) is 13.2 Å². The van der Waals surface area contributed by atoms with Crippen LogP contribution in [0, 0.1) is 11.8 Å². The predicted octanol–water partition coefficient (Wildman–Crippen LogP) is 2.74. The van der Waals surface area contributed by atoms with Crippen LogP contribution in [0.5, 0.6) is 0 Å². The fraction of sp³-hybridized carbons (Fsp3) is 0.929. The molecule has 0 aromatic heterocycles. The van der Waals surface area contributed by atoms with E-state index in [1.165, 1.54) is 31.9 Å². The van der Waals surface area contributed by atoms with E-state index < -0.39 is 9.84 Å². The zero-order chi connectivity index (χ0) is 13.2. The van der Waals surface area contributed by atoms with E-state index in [1.807, 2.05) is 0 Å². The lowest BCUT2D eigenvalue weighted by molar-refractivity contribution is -0.124. The summed E-state index contributed by atoms with van der Waals surface area (Å²) in [5.41, 5.74) is 0. The molecular formula is C14H24O3S. The molecule has 2 fully saturated rings. The van der Waals surface area contributed by atoms with Crippen LogP contribution in [-0.4, -0.2) is 25.7 Å². The number of carbonyl (C=O) groups excluding carboxylic acids is 1. The van der Waals surface area contributed by atoms with Gasteiger partial charge in [-0.3, -0.25) is 4.79 Å². The maximum Gasteiger partial charge on any atom is 0.150 e. The van der Waals surface area contributed by atoms with Gasteiger partial charge in [-0.05, 0) is 25.2 Å². The van der Waals surface area contributed by atoms with Gasteiger partial charge in [-0.2, -0.15) is 0 Å². The summed E-state index contributed by atoms with van der Waals surface area (Å²) in [6.45, 7) is 0. The molecule has 2 unspecified atom stereocenters. The van der Waals surface area contributed by atoms with E-state index in [0.29, 0.717) is 24.5 Å². The quantitative estimate of drug-likeness (QED) is 0.790. The molecule has 0 saturated heterocycles. The minimum atomic E-state index is -2.97. The van der Waals surface area contributed by atoms with E-state index in [1.54, 1.807) is 0 Å². The van der Waals surface area contributed by atoms with Gasteiger partial charge in [-0.15, -0.1) is 0 Å². The van der Waals surface area contributed by atoms with Crippen LogP contribution in [0.2, 0.25) is 0 Å². The Hall–Kier alpha value is -0.380. The lowest BCUT2D eigenvalue weighted by atomic mass is 9.82. The van der Waals surface area contributed by atoms with E-state index >= 15 is 0 Å². The fourth-order valence-electron chi connectivity index (χ4n) is 3.49. The van der Waals surface area contributed by atoms with Gasteiger partial charge < -0.3 is 0 Å². The Labute approximate surface area is 110 Å². The van der Waals surface area contributed by atoms with E-state index in [0.717, 1.165) is 19.3 Å². The summed E-state index contributed by atoms with van der Waals surface area (Å²) >= 11 is 0. The third-order valence-electron chi connectivity index (χ3n) is 4.65. The minimum absolute atomic E-state index is 0.0130. The molecule has 0 amide bonds. The normalized spacial score (nSPS) is 30.5. The van der Waals surface area contributed by atoms with Crippen LogP contribution in [0.3, 0.4) is 0 Å². The van der Waals surface area contributed by atoms with Gasteiger partial charge in [0.05, 0.1) is 5.25 Å². The van der Waals surface area contributed by atoms with Crippen LogP contribution in [0.4, 0.5) is 0 Å².